The number of piperazine rings is 1. The Labute approximate surface area is 190 Å². The fourth-order valence-corrected chi connectivity index (χ4v) is 4.88. The van der Waals surface area contributed by atoms with Crippen molar-refractivity contribution in [2.45, 2.75) is 43.2 Å². The number of hydrogen-bond donors (Lipinski definition) is 4. The van der Waals surface area contributed by atoms with Gasteiger partial charge in [0.25, 0.3) is 0 Å². The quantitative estimate of drug-likeness (QED) is 0.489. The number of carboxylic acid groups (broad SMARTS) is 1. The lowest BCUT2D eigenvalue weighted by Gasteiger charge is -2.41. The molecule has 10 heteroatoms. The van der Waals surface area contributed by atoms with E-state index in [9.17, 15) is 25.2 Å². The number of anilines is 1. The number of likely N-dealkylation sites (N-methyl/N-ethyl adjacent to an activating group) is 1. The van der Waals surface area contributed by atoms with Gasteiger partial charge in [0.05, 0.1) is 12.2 Å². The van der Waals surface area contributed by atoms with Crippen LogP contribution in [0.25, 0.3) is 0 Å². The summed E-state index contributed by atoms with van der Waals surface area (Å²) >= 11 is 0. The van der Waals surface area contributed by atoms with Crippen molar-refractivity contribution in [1.29, 1.82) is 0 Å². The molecular weight excluding hydrogens is 430 g/mol. The van der Waals surface area contributed by atoms with Gasteiger partial charge in [-0.2, -0.15) is 0 Å². The molecule has 2 saturated heterocycles. The first-order valence-electron chi connectivity index (χ1n) is 10.9. The maximum Gasteiger partial charge on any atom is 0.335 e. The minimum atomic E-state index is -1.77. The Morgan fingerprint density at radius 1 is 1.12 bits per heavy atom. The molecule has 1 aromatic carbocycles. The van der Waals surface area contributed by atoms with E-state index in [4.69, 9.17) is 9.47 Å². The van der Waals surface area contributed by atoms with E-state index >= 15 is 0 Å². The molecule has 4 heterocycles. The molecule has 0 spiro atoms. The van der Waals surface area contributed by atoms with Crippen LogP contribution in [0.2, 0.25) is 0 Å². The Bertz CT molecular complexity index is 1050. The van der Waals surface area contributed by atoms with Crippen LogP contribution in [0.5, 0.6) is 5.75 Å². The number of pyridine rings is 1. The van der Waals surface area contributed by atoms with Crippen molar-refractivity contribution in [3.05, 3.63) is 53.2 Å². The molecule has 10 nitrogen and oxygen atoms in total. The maximum absolute atomic E-state index is 11.4. The van der Waals surface area contributed by atoms with Gasteiger partial charge >= 0.3 is 5.97 Å². The average molecular weight is 457 g/mol. The highest BCUT2D eigenvalue weighted by atomic mass is 16.7. The number of hydrogen-bond acceptors (Lipinski definition) is 9. The molecule has 33 heavy (non-hydrogen) atoms. The number of nitrogens with zero attached hydrogens (tertiary/aromatic N) is 3. The third-order valence-electron chi connectivity index (χ3n) is 6.63. The summed E-state index contributed by atoms with van der Waals surface area (Å²) < 4.78 is 11.0. The van der Waals surface area contributed by atoms with Crippen LogP contribution in [0.15, 0.2) is 36.5 Å². The fraction of sp³-hybridized carbons (Fsp3) is 0.478. The summed E-state index contributed by atoms with van der Waals surface area (Å²) in [5, 5.41) is 39.5. The third kappa shape index (κ3) is 3.94. The minimum absolute atomic E-state index is 0.178. The number of carbonyl (C=O) groups is 1. The van der Waals surface area contributed by atoms with Gasteiger partial charge < -0.3 is 39.7 Å². The second-order valence-corrected chi connectivity index (χ2v) is 8.85. The Hall–Kier alpha value is -2.76. The number of carboxylic acids is 1. The number of rotatable bonds is 3. The van der Waals surface area contributed by atoms with Crippen molar-refractivity contribution in [2.75, 3.05) is 31.6 Å². The molecule has 3 aliphatic heterocycles. The number of fused-ring (bicyclic) bond motifs is 5. The van der Waals surface area contributed by atoms with E-state index < -0.39 is 36.7 Å². The van der Waals surface area contributed by atoms with Crippen molar-refractivity contribution >= 4 is 11.8 Å². The Morgan fingerprint density at radius 2 is 1.91 bits per heavy atom. The number of benzene rings is 1. The van der Waals surface area contributed by atoms with Crippen LogP contribution in [-0.2, 0) is 16.0 Å². The summed E-state index contributed by atoms with van der Waals surface area (Å²) in [6, 6.07) is 10.3. The van der Waals surface area contributed by atoms with Gasteiger partial charge in [0.2, 0.25) is 6.29 Å². The van der Waals surface area contributed by atoms with E-state index in [1.54, 1.807) is 0 Å². The Balaban J connectivity index is 1.46. The molecule has 4 N–H and O–H groups in total. The van der Waals surface area contributed by atoms with Gasteiger partial charge in [0.1, 0.15) is 29.9 Å². The SMILES string of the molecule is CN1CCN2c3ncc(O[C@@H]4O[C@H](C(=O)O)[C@@H](O)[C@H](O)[C@@H]4O)cc3Cc3ccccc3[C@H]2C1. The Morgan fingerprint density at radius 3 is 2.70 bits per heavy atom. The van der Waals surface area contributed by atoms with Gasteiger partial charge in [0.15, 0.2) is 6.10 Å². The van der Waals surface area contributed by atoms with Crippen LogP contribution in [0.4, 0.5) is 5.82 Å². The highest BCUT2D eigenvalue weighted by Crippen LogP contribution is 2.39. The fourth-order valence-electron chi connectivity index (χ4n) is 4.88. The van der Waals surface area contributed by atoms with Gasteiger partial charge in [-0.3, -0.25) is 0 Å². The lowest BCUT2D eigenvalue weighted by molar-refractivity contribution is -0.271. The zero-order valence-corrected chi connectivity index (χ0v) is 18.1. The van der Waals surface area contributed by atoms with Crippen LogP contribution in [-0.4, -0.2) is 93.7 Å². The number of aliphatic hydroxyl groups is 3. The molecule has 3 aliphatic rings. The average Bonchev–Trinajstić information content (AvgIpc) is 2.93. The molecule has 6 atom stereocenters. The molecular formula is C23H27N3O7. The van der Waals surface area contributed by atoms with Crippen molar-refractivity contribution in [3.63, 3.8) is 0 Å². The topological polar surface area (TPSA) is 136 Å². The number of aliphatic carboxylic acids is 1. The highest BCUT2D eigenvalue weighted by Gasteiger charge is 2.48. The monoisotopic (exact) mass is 457 g/mol. The van der Waals surface area contributed by atoms with E-state index in [0.29, 0.717) is 6.42 Å². The summed E-state index contributed by atoms with van der Waals surface area (Å²) in [7, 11) is 2.11. The molecule has 0 saturated carbocycles. The van der Waals surface area contributed by atoms with E-state index in [1.165, 1.54) is 17.3 Å². The summed E-state index contributed by atoms with van der Waals surface area (Å²) in [5.74, 6) is -0.323. The lowest BCUT2D eigenvalue weighted by atomic mass is 9.96. The zero-order chi connectivity index (χ0) is 23.3. The van der Waals surface area contributed by atoms with Crippen LogP contribution in [0, 0.1) is 0 Å². The molecule has 2 fully saturated rings. The van der Waals surface area contributed by atoms with E-state index in [1.807, 2.05) is 18.2 Å². The van der Waals surface area contributed by atoms with Gasteiger partial charge in [-0.05, 0) is 24.2 Å². The highest BCUT2D eigenvalue weighted by molar-refractivity contribution is 5.73. The third-order valence-corrected chi connectivity index (χ3v) is 6.63. The predicted molar refractivity (Wildman–Crippen MR) is 116 cm³/mol. The van der Waals surface area contributed by atoms with E-state index in [-0.39, 0.29) is 11.8 Å². The first-order valence-corrected chi connectivity index (χ1v) is 10.9. The van der Waals surface area contributed by atoms with Crippen LogP contribution >= 0.6 is 0 Å². The minimum Gasteiger partial charge on any atom is -0.479 e. The molecule has 1 aromatic heterocycles. The first-order chi connectivity index (χ1) is 15.8. The summed E-state index contributed by atoms with van der Waals surface area (Å²) in [4.78, 5) is 20.6. The maximum atomic E-state index is 11.4. The second-order valence-electron chi connectivity index (χ2n) is 8.85. The van der Waals surface area contributed by atoms with Crippen LogP contribution in [0.1, 0.15) is 22.7 Å². The number of aliphatic hydroxyl groups excluding tert-OH is 3. The number of aromatic nitrogens is 1. The molecule has 0 aliphatic carbocycles. The van der Waals surface area contributed by atoms with Gasteiger partial charge in [-0.25, -0.2) is 9.78 Å². The molecule has 176 valence electrons. The van der Waals surface area contributed by atoms with E-state index in [2.05, 4.69) is 34.0 Å². The van der Waals surface area contributed by atoms with Crippen molar-refractivity contribution in [3.8, 4) is 5.75 Å². The normalized spacial score (nSPS) is 31.7. The molecule has 0 radical (unpaired) electrons. The smallest absolute Gasteiger partial charge is 0.335 e. The van der Waals surface area contributed by atoms with E-state index in [0.717, 1.165) is 31.0 Å². The largest absolute Gasteiger partial charge is 0.479 e. The summed E-state index contributed by atoms with van der Waals surface area (Å²) in [5.41, 5.74) is 3.39. The van der Waals surface area contributed by atoms with Crippen molar-refractivity contribution in [2.24, 2.45) is 0 Å². The molecule has 2 aromatic rings. The lowest BCUT2D eigenvalue weighted by Crippen LogP contribution is -2.61. The Kier molecular flexibility index (Phi) is 5.71. The van der Waals surface area contributed by atoms with Crippen LogP contribution < -0.4 is 9.64 Å². The van der Waals surface area contributed by atoms with Crippen molar-refractivity contribution < 1.29 is 34.7 Å². The molecule has 0 amide bonds. The molecule has 0 bridgehead atoms. The zero-order valence-electron chi connectivity index (χ0n) is 18.1. The van der Waals surface area contributed by atoms with Gasteiger partial charge in [0, 0.05) is 31.6 Å². The predicted octanol–water partition coefficient (Wildman–Crippen LogP) is -0.250. The van der Waals surface area contributed by atoms with Gasteiger partial charge in [-0.15, -0.1) is 0 Å². The molecule has 5 rings (SSSR count). The first kappa shape index (κ1) is 22.1. The summed E-state index contributed by atoms with van der Waals surface area (Å²) in [6.45, 7) is 2.62. The van der Waals surface area contributed by atoms with Crippen molar-refractivity contribution in [1.82, 2.24) is 9.88 Å². The number of ether oxygens (including phenoxy) is 2. The van der Waals surface area contributed by atoms with Crippen LogP contribution in [0.3, 0.4) is 0 Å². The summed E-state index contributed by atoms with van der Waals surface area (Å²) in [6.07, 6.45) is -6.17. The standard InChI is InChI=1S/C23H27N3O7/c1-25-6-7-26-16(11-25)15-5-3-2-4-12(15)8-13-9-14(10-24-21(13)26)32-23-19(29)17(27)18(28)20(33-23)22(30)31/h2-5,9-10,16-20,23,27-29H,6-8,11H2,1H3,(H,30,31)/t16-,17+,18+,19+,20+,23-/m1/s1. The van der Waals surface area contributed by atoms with Gasteiger partial charge in [-0.1, -0.05) is 24.3 Å². The second kappa shape index (κ2) is 8.54. The molecule has 0 unspecified atom stereocenters.